The van der Waals surface area contributed by atoms with Gasteiger partial charge in [0.25, 0.3) is 0 Å². The van der Waals surface area contributed by atoms with E-state index in [0.29, 0.717) is 17.9 Å². The average Bonchev–Trinajstić information content (AvgIpc) is 3.47. The second kappa shape index (κ2) is 6.69. The van der Waals surface area contributed by atoms with Crippen LogP contribution in [0.2, 0.25) is 0 Å². The number of amides is 1. The number of aromatic nitrogens is 2. The molecule has 134 valence electrons. The van der Waals surface area contributed by atoms with E-state index >= 15 is 0 Å². The molecule has 4 rings (SSSR count). The number of nitrogens with two attached hydrogens (primary N) is 1. The summed E-state index contributed by atoms with van der Waals surface area (Å²) in [5.41, 5.74) is 10.1. The largest absolute Gasteiger partial charge is 0.398 e. The van der Waals surface area contributed by atoms with Crippen molar-refractivity contribution in [3.05, 3.63) is 48.4 Å². The Morgan fingerprint density at radius 3 is 2.96 bits per heavy atom. The third kappa shape index (κ3) is 3.20. The fourth-order valence-electron chi connectivity index (χ4n) is 3.35. The van der Waals surface area contributed by atoms with Crippen LogP contribution in [-0.2, 0) is 11.2 Å². The second-order valence-electron chi connectivity index (χ2n) is 6.81. The van der Waals surface area contributed by atoms with Crippen LogP contribution in [0.3, 0.4) is 0 Å². The van der Waals surface area contributed by atoms with Crippen molar-refractivity contribution in [2.75, 3.05) is 11.1 Å². The highest BCUT2D eigenvalue weighted by Crippen LogP contribution is 2.38. The van der Waals surface area contributed by atoms with Crippen molar-refractivity contribution >= 4 is 28.2 Å². The van der Waals surface area contributed by atoms with Crippen molar-refractivity contribution < 1.29 is 4.79 Å². The van der Waals surface area contributed by atoms with E-state index in [2.05, 4.69) is 28.3 Å². The molecule has 1 saturated carbocycles. The maximum absolute atomic E-state index is 12.2. The Kier molecular flexibility index (Phi) is 4.21. The number of carbonyl (C=O) groups excluding carboxylic acids is 1. The van der Waals surface area contributed by atoms with Gasteiger partial charge in [0.15, 0.2) is 0 Å². The van der Waals surface area contributed by atoms with Crippen LogP contribution in [0.4, 0.5) is 11.5 Å². The Balaban J connectivity index is 1.70. The number of nitrogens with zero attached hydrogens (tertiary/aromatic N) is 3. The van der Waals surface area contributed by atoms with Crippen LogP contribution in [0.15, 0.2) is 42.9 Å². The van der Waals surface area contributed by atoms with Crippen molar-refractivity contribution in [1.82, 2.24) is 9.97 Å². The third-order valence-electron chi connectivity index (χ3n) is 5.02. The molecular formula is C21H19N5O. The number of pyridine rings is 2. The van der Waals surface area contributed by atoms with Crippen molar-refractivity contribution in [1.29, 1.82) is 5.26 Å². The molecule has 3 aromatic rings. The Bertz CT molecular complexity index is 1090. The summed E-state index contributed by atoms with van der Waals surface area (Å²) in [6.07, 6.45) is 6.82. The van der Waals surface area contributed by atoms with E-state index in [0.717, 1.165) is 28.3 Å². The summed E-state index contributed by atoms with van der Waals surface area (Å²) in [6.45, 7) is 2.10. The molecule has 1 aromatic carbocycles. The number of nitrogen functional groups attached to an aromatic ring is 1. The van der Waals surface area contributed by atoms with Crippen LogP contribution >= 0.6 is 0 Å². The molecule has 1 aliphatic carbocycles. The molecule has 0 radical (unpaired) electrons. The molecule has 2 aromatic heterocycles. The van der Waals surface area contributed by atoms with Crippen molar-refractivity contribution in [2.24, 2.45) is 11.8 Å². The van der Waals surface area contributed by atoms with Crippen LogP contribution in [-0.4, -0.2) is 15.9 Å². The Morgan fingerprint density at radius 1 is 1.37 bits per heavy atom. The fraction of sp³-hybridized carbons (Fsp3) is 0.238. The summed E-state index contributed by atoms with van der Waals surface area (Å²) in [5, 5.41) is 13.4. The van der Waals surface area contributed by atoms with Gasteiger partial charge in [-0.2, -0.15) is 5.26 Å². The third-order valence-corrected chi connectivity index (χ3v) is 5.02. The molecule has 2 unspecified atom stereocenters. The summed E-state index contributed by atoms with van der Waals surface area (Å²) < 4.78 is 0. The van der Waals surface area contributed by atoms with Gasteiger partial charge in [0.2, 0.25) is 5.91 Å². The van der Waals surface area contributed by atoms with Gasteiger partial charge in [-0.15, -0.1) is 0 Å². The number of benzene rings is 1. The molecule has 6 nitrogen and oxygen atoms in total. The lowest BCUT2D eigenvalue weighted by molar-refractivity contribution is -0.117. The zero-order chi connectivity index (χ0) is 19.0. The second-order valence-corrected chi connectivity index (χ2v) is 6.81. The predicted molar refractivity (Wildman–Crippen MR) is 105 cm³/mol. The van der Waals surface area contributed by atoms with Gasteiger partial charge < -0.3 is 11.1 Å². The molecule has 1 fully saturated rings. The molecule has 1 amide bonds. The molecule has 2 atom stereocenters. The van der Waals surface area contributed by atoms with Crippen molar-refractivity contribution in [2.45, 2.75) is 19.8 Å². The molecule has 27 heavy (non-hydrogen) atoms. The molecule has 0 bridgehead atoms. The zero-order valence-corrected chi connectivity index (χ0v) is 14.9. The standard InChI is InChI=1S/C21H19N5O/c1-2-12-3-4-24-10-17(12)13-5-14-8-20(25-11-18(14)19(23)7-13)26-21(27)16-6-15(16)9-22/h3-5,7-8,10-11,15-16H,2,6,23H2,1H3,(H,25,26,27). The smallest absolute Gasteiger partial charge is 0.230 e. The molecule has 2 heterocycles. The van der Waals surface area contributed by atoms with Gasteiger partial charge in [0, 0.05) is 35.2 Å². The zero-order valence-electron chi connectivity index (χ0n) is 14.9. The minimum Gasteiger partial charge on any atom is -0.398 e. The molecule has 6 heteroatoms. The molecule has 1 aliphatic rings. The van der Waals surface area contributed by atoms with Gasteiger partial charge in [0.1, 0.15) is 5.82 Å². The SMILES string of the molecule is CCc1ccncc1-c1cc(N)c2cnc(NC(=O)C3CC3C#N)cc2c1. The van der Waals surface area contributed by atoms with Crippen LogP contribution in [0, 0.1) is 23.2 Å². The lowest BCUT2D eigenvalue weighted by Gasteiger charge is -2.11. The monoisotopic (exact) mass is 357 g/mol. The van der Waals surface area contributed by atoms with E-state index in [-0.39, 0.29) is 17.7 Å². The summed E-state index contributed by atoms with van der Waals surface area (Å²) in [6, 6.07) is 9.92. The number of anilines is 2. The van der Waals surface area contributed by atoms with Gasteiger partial charge in [-0.1, -0.05) is 6.92 Å². The number of aryl methyl sites for hydroxylation is 1. The van der Waals surface area contributed by atoms with E-state index < -0.39 is 0 Å². The number of hydrogen-bond donors (Lipinski definition) is 2. The van der Waals surface area contributed by atoms with Crippen LogP contribution in [0.25, 0.3) is 21.9 Å². The van der Waals surface area contributed by atoms with Crippen LogP contribution < -0.4 is 11.1 Å². The van der Waals surface area contributed by atoms with E-state index in [1.807, 2.05) is 30.5 Å². The summed E-state index contributed by atoms with van der Waals surface area (Å²) in [4.78, 5) is 20.7. The number of carbonyl (C=O) groups is 1. The summed E-state index contributed by atoms with van der Waals surface area (Å²) in [7, 11) is 0. The maximum Gasteiger partial charge on any atom is 0.230 e. The van der Waals surface area contributed by atoms with Crippen LogP contribution in [0.5, 0.6) is 0 Å². The van der Waals surface area contributed by atoms with Gasteiger partial charge in [-0.05, 0) is 53.6 Å². The number of hydrogen-bond acceptors (Lipinski definition) is 5. The fourth-order valence-corrected chi connectivity index (χ4v) is 3.35. The molecule has 0 aliphatic heterocycles. The minimum absolute atomic E-state index is 0.155. The minimum atomic E-state index is -0.230. The number of fused-ring (bicyclic) bond motifs is 1. The Labute approximate surface area is 157 Å². The normalized spacial score (nSPS) is 18.1. The molecule has 3 N–H and O–H groups in total. The number of rotatable bonds is 4. The highest BCUT2D eigenvalue weighted by Gasteiger charge is 2.43. The summed E-state index contributed by atoms with van der Waals surface area (Å²) in [5.74, 6) is -0.0928. The molecule has 0 spiro atoms. The topological polar surface area (TPSA) is 105 Å². The van der Waals surface area contributed by atoms with Gasteiger partial charge in [0.05, 0.1) is 17.9 Å². The molecule has 0 saturated heterocycles. The van der Waals surface area contributed by atoms with E-state index in [1.54, 1.807) is 12.4 Å². The first-order valence-corrected chi connectivity index (χ1v) is 8.93. The number of nitriles is 1. The van der Waals surface area contributed by atoms with E-state index in [4.69, 9.17) is 11.0 Å². The average molecular weight is 357 g/mol. The summed E-state index contributed by atoms with van der Waals surface area (Å²) >= 11 is 0. The highest BCUT2D eigenvalue weighted by atomic mass is 16.2. The highest BCUT2D eigenvalue weighted by molar-refractivity contribution is 6.00. The predicted octanol–water partition coefficient (Wildman–Crippen LogP) is 3.54. The van der Waals surface area contributed by atoms with Gasteiger partial charge in [-0.3, -0.25) is 9.78 Å². The van der Waals surface area contributed by atoms with Crippen molar-refractivity contribution in [3.63, 3.8) is 0 Å². The van der Waals surface area contributed by atoms with Gasteiger partial charge >= 0.3 is 0 Å². The molecular weight excluding hydrogens is 338 g/mol. The lowest BCUT2D eigenvalue weighted by Crippen LogP contribution is -2.15. The van der Waals surface area contributed by atoms with E-state index in [9.17, 15) is 4.79 Å². The number of nitrogens with one attached hydrogen (secondary N) is 1. The quantitative estimate of drug-likeness (QED) is 0.695. The Morgan fingerprint density at radius 2 is 2.22 bits per heavy atom. The first kappa shape index (κ1) is 17.0. The first-order chi connectivity index (χ1) is 13.1. The van der Waals surface area contributed by atoms with E-state index in [1.165, 1.54) is 5.56 Å². The maximum atomic E-state index is 12.2. The van der Waals surface area contributed by atoms with Gasteiger partial charge in [-0.25, -0.2) is 4.98 Å². The van der Waals surface area contributed by atoms with Crippen LogP contribution in [0.1, 0.15) is 18.9 Å². The Hall–Kier alpha value is -3.46. The lowest BCUT2D eigenvalue weighted by atomic mass is 9.97. The van der Waals surface area contributed by atoms with Crippen molar-refractivity contribution in [3.8, 4) is 17.2 Å². The first-order valence-electron chi connectivity index (χ1n) is 8.93.